The summed E-state index contributed by atoms with van der Waals surface area (Å²) in [6.45, 7) is 2.19. The van der Waals surface area contributed by atoms with Gasteiger partial charge in [0, 0.05) is 28.1 Å². The topological polar surface area (TPSA) is 80.8 Å². The van der Waals surface area contributed by atoms with E-state index in [1.54, 1.807) is 7.11 Å². The monoisotopic (exact) mass is 397 g/mol. The quantitative estimate of drug-likeness (QED) is 0.778. The fraction of sp³-hybridized carbons (Fsp3) is 0.609. The number of aliphatic hydroxyl groups is 1. The van der Waals surface area contributed by atoms with E-state index in [2.05, 4.69) is 11.9 Å². The van der Waals surface area contributed by atoms with E-state index >= 15 is 0 Å². The molecule has 7 rings (SSSR count). The molecular weight excluding hydrogens is 370 g/mol. The molecule has 5 aliphatic rings. The van der Waals surface area contributed by atoms with Crippen LogP contribution in [0.5, 0.6) is 5.75 Å². The molecular formula is C23H27NO5. The van der Waals surface area contributed by atoms with Gasteiger partial charge in [-0.25, -0.2) is 0 Å². The third-order valence-electron chi connectivity index (χ3n) is 8.38. The number of ether oxygens (including phenoxy) is 3. The maximum absolute atomic E-state index is 13.5. The second-order valence-electron chi connectivity index (χ2n) is 9.27. The number of esters is 1. The van der Waals surface area contributed by atoms with Crippen LogP contribution in [0.1, 0.15) is 43.5 Å². The molecule has 1 aromatic heterocycles. The Labute approximate surface area is 169 Å². The molecule has 2 aromatic rings. The van der Waals surface area contributed by atoms with Gasteiger partial charge in [0.1, 0.15) is 17.3 Å². The number of aromatic amines is 1. The van der Waals surface area contributed by atoms with Crippen LogP contribution in [0.25, 0.3) is 10.9 Å². The minimum Gasteiger partial charge on any atom is -0.497 e. The highest BCUT2D eigenvalue weighted by Crippen LogP contribution is 2.68. The van der Waals surface area contributed by atoms with E-state index in [0.29, 0.717) is 5.92 Å². The van der Waals surface area contributed by atoms with Gasteiger partial charge in [0.2, 0.25) is 0 Å². The van der Waals surface area contributed by atoms with Gasteiger partial charge >= 0.3 is 5.97 Å². The Bertz CT molecular complexity index is 1010. The zero-order chi connectivity index (χ0) is 20.1. The lowest BCUT2D eigenvalue weighted by molar-refractivity contribution is -0.176. The zero-order valence-electron chi connectivity index (χ0n) is 17.0. The van der Waals surface area contributed by atoms with Crippen molar-refractivity contribution >= 4 is 16.9 Å². The Hall–Kier alpha value is -2.05. The van der Waals surface area contributed by atoms with Crippen LogP contribution >= 0.6 is 0 Å². The molecule has 6 heteroatoms. The number of nitrogens with one attached hydrogen (secondary N) is 1. The molecule has 29 heavy (non-hydrogen) atoms. The molecule has 2 N–H and O–H groups in total. The zero-order valence-corrected chi connectivity index (χ0v) is 17.0. The fourth-order valence-electron chi connectivity index (χ4n) is 7.44. The third kappa shape index (κ3) is 1.92. The van der Waals surface area contributed by atoms with Gasteiger partial charge in [-0.1, -0.05) is 13.3 Å². The maximum Gasteiger partial charge on any atom is 0.318 e. The van der Waals surface area contributed by atoms with E-state index in [1.165, 1.54) is 7.11 Å². The molecule has 2 unspecified atom stereocenters. The molecule has 3 saturated carbocycles. The molecule has 0 spiro atoms. The number of carbonyl (C=O) groups excluding carboxylic acids is 1. The summed E-state index contributed by atoms with van der Waals surface area (Å²) in [6.07, 6.45) is 1.75. The van der Waals surface area contributed by atoms with Crippen LogP contribution in [0.4, 0.5) is 0 Å². The highest BCUT2D eigenvalue weighted by molar-refractivity contribution is 5.92. The van der Waals surface area contributed by atoms with Crippen molar-refractivity contribution in [2.45, 2.75) is 49.9 Å². The van der Waals surface area contributed by atoms with E-state index in [9.17, 15) is 9.90 Å². The number of H-pyrrole nitrogens is 1. The third-order valence-corrected chi connectivity index (χ3v) is 8.38. The predicted molar refractivity (Wildman–Crippen MR) is 106 cm³/mol. The first-order valence-corrected chi connectivity index (χ1v) is 10.7. The molecule has 6 nitrogen and oxygen atoms in total. The first-order chi connectivity index (χ1) is 14.0. The van der Waals surface area contributed by atoms with Crippen LogP contribution in [0, 0.1) is 23.7 Å². The molecule has 0 radical (unpaired) electrons. The van der Waals surface area contributed by atoms with Gasteiger partial charge in [-0.3, -0.25) is 4.79 Å². The summed E-state index contributed by atoms with van der Waals surface area (Å²) >= 11 is 0. The summed E-state index contributed by atoms with van der Waals surface area (Å²) in [7, 11) is 3.13. The average Bonchev–Trinajstić information content (AvgIpc) is 3.27. The van der Waals surface area contributed by atoms with Gasteiger partial charge in [-0.2, -0.15) is 0 Å². The van der Waals surface area contributed by atoms with E-state index in [-0.39, 0.29) is 29.8 Å². The first kappa shape index (κ1) is 17.8. The number of aromatic nitrogens is 1. The van der Waals surface area contributed by atoms with Crippen molar-refractivity contribution in [3.05, 3.63) is 29.5 Å². The summed E-state index contributed by atoms with van der Waals surface area (Å²) in [5.74, 6) is 1.20. The van der Waals surface area contributed by atoms with Crippen molar-refractivity contribution in [3.8, 4) is 5.75 Å². The van der Waals surface area contributed by atoms with E-state index < -0.39 is 17.6 Å². The average molecular weight is 397 g/mol. The van der Waals surface area contributed by atoms with Crippen molar-refractivity contribution in [1.82, 2.24) is 4.98 Å². The van der Waals surface area contributed by atoms with Crippen molar-refractivity contribution in [1.29, 1.82) is 0 Å². The minimum absolute atomic E-state index is 0.0179. The number of hydrogen-bond donors (Lipinski definition) is 2. The number of aliphatic hydroxyl groups excluding tert-OH is 1. The van der Waals surface area contributed by atoms with E-state index in [4.69, 9.17) is 14.2 Å². The molecule has 2 heterocycles. The number of rotatable bonds is 3. The van der Waals surface area contributed by atoms with Gasteiger partial charge < -0.3 is 24.3 Å². The molecule has 1 saturated heterocycles. The Morgan fingerprint density at radius 2 is 2.21 bits per heavy atom. The van der Waals surface area contributed by atoms with E-state index in [1.807, 2.05) is 18.2 Å². The summed E-state index contributed by atoms with van der Waals surface area (Å²) < 4.78 is 17.4. The smallest absolute Gasteiger partial charge is 0.318 e. The maximum atomic E-state index is 13.5. The highest BCUT2D eigenvalue weighted by Gasteiger charge is 2.72. The fourth-order valence-corrected chi connectivity index (χ4v) is 7.44. The normalized spacial score (nSPS) is 41.4. The van der Waals surface area contributed by atoms with Gasteiger partial charge in [-0.05, 0) is 48.8 Å². The number of hydrogen-bond acceptors (Lipinski definition) is 5. The molecule has 0 amide bonds. The van der Waals surface area contributed by atoms with Crippen LogP contribution in [0.3, 0.4) is 0 Å². The van der Waals surface area contributed by atoms with Gasteiger partial charge in [0.25, 0.3) is 0 Å². The lowest BCUT2D eigenvalue weighted by Gasteiger charge is -2.58. The van der Waals surface area contributed by atoms with Crippen molar-refractivity contribution in [3.63, 3.8) is 0 Å². The van der Waals surface area contributed by atoms with Crippen LogP contribution in [-0.4, -0.2) is 42.5 Å². The second kappa shape index (κ2) is 5.76. The number of benzene rings is 1. The molecule has 1 aromatic carbocycles. The Kier molecular flexibility index (Phi) is 3.53. The largest absolute Gasteiger partial charge is 0.497 e. The van der Waals surface area contributed by atoms with Crippen LogP contribution in [0.15, 0.2) is 18.2 Å². The summed E-state index contributed by atoms with van der Waals surface area (Å²) in [4.78, 5) is 17.1. The van der Waals surface area contributed by atoms with E-state index in [0.717, 1.165) is 47.2 Å². The van der Waals surface area contributed by atoms with Crippen LogP contribution in [0.2, 0.25) is 0 Å². The lowest BCUT2D eigenvalue weighted by atomic mass is 9.46. The number of carbonyl (C=O) groups is 1. The molecule has 5 bridgehead atoms. The minimum atomic E-state index is -0.749. The molecule has 154 valence electrons. The summed E-state index contributed by atoms with van der Waals surface area (Å²) in [6, 6.07) is 5.87. The Morgan fingerprint density at radius 1 is 1.38 bits per heavy atom. The van der Waals surface area contributed by atoms with Gasteiger partial charge in [0.15, 0.2) is 0 Å². The van der Waals surface area contributed by atoms with Crippen LogP contribution < -0.4 is 4.74 Å². The number of fused-ring (bicyclic) bond motifs is 6. The van der Waals surface area contributed by atoms with Crippen molar-refractivity contribution < 1.29 is 24.1 Å². The molecule has 4 fully saturated rings. The van der Waals surface area contributed by atoms with Crippen LogP contribution in [-0.2, 0) is 19.7 Å². The Balaban J connectivity index is 1.71. The SMILES string of the molecule is CC[C@H]1C[C@H]2C[C@@]3(C(=O)OC)c4[nH]c5ccc(OC)cc5c4[C@@H]4OC2C([C@@H]4O)[C@@H]13. The highest BCUT2D eigenvalue weighted by atomic mass is 16.5. The lowest BCUT2D eigenvalue weighted by Crippen LogP contribution is -2.63. The molecule has 1 aliphatic heterocycles. The number of methoxy groups -OCH3 is 2. The van der Waals surface area contributed by atoms with Gasteiger partial charge in [-0.15, -0.1) is 0 Å². The molecule has 4 aliphatic carbocycles. The first-order valence-electron chi connectivity index (χ1n) is 10.7. The van der Waals surface area contributed by atoms with Crippen molar-refractivity contribution in [2.24, 2.45) is 23.7 Å². The predicted octanol–water partition coefficient (Wildman–Crippen LogP) is 3.08. The summed E-state index contributed by atoms with van der Waals surface area (Å²) in [5, 5.41) is 12.4. The summed E-state index contributed by atoms with van der Waals surface area (Å²) in [5.41, 5.74) is 2.00. The van der Waals surface area contributed by atoms with Crippen molar-refractivity contribution in [2.75, 3.05) is 14.2 Å². The second-order valence-corrected chi connectivity index (χ2v) is 9.27. The standard InChI is InChI=1S/C23H27NO5/c1-4-10-7-11-9-23(22(26)28-3)17(10)16-18(25)20(29-19(11)16)15-13-8-12(27-2)5-6-14(13)24-21(15)23/h5-6,8,10-11,16-20,24-25H,4,7,9H2,1-3H3/t10-,11-,16?,17+,18-,19?,20-,23-/m0/s1. The van der Waals surface area contributed by atoms with Gasteiger partial charge in [0.05, 0.1) is 26.4 Å². The molecule has 8 atom stereocenters. The Morgan fingerprint density at radius 3 is 2.93 bits per heavy atom.